The summed E-state index contributed by atoms with van der Waals surface area (Å²) in [6.07, 6.45) is 3.05. The largest absolute Gasteiger partial charge is 0.339 e. The van der Waals surface area contributed by atoms with E-state index in [1.165, 1.54) is 5.56 Å². The van der Waals surface area contributed by atoms with Crippen molar-refractivity contribution in [3.05, 3.63) is 29.3 Å². The van der Waals surface area contributed by atoms with E-state index in [-0.39, 0.29) is 11.8 Å². The number of benzene rings is 1. The molecule has 1 aromatic rings. The third kappa shape index (κ3) is 3.48. The van der Waals surface area contributed by atoms with Gasteiger partial charge in [-0.05, 0) is 43.9 Å². The summed E-state index contributed by atoms with van der Waals surface area (Å²) in [5.41, 5.74) is 2.81. The summed E-state index contributed by atoms with van der Waals surface area (Å²) in [6, 6.07) is 6.30. The van der Waals surface area contributed by atoms with Crippen molar-refractivity contribution in [2.24, 2.45) is 0 Å². The van der Waals surface area contributed by atoms with Crippen LogP contribution in [0.5, 0.6) is 0 Å². The molecule has 0 saturated carbocycles. The maximum absolute atomic E-state index is 12.9. The van der Waals surface area contributed by atoms with E-state index in [4.69, 9.17) is 0 Å². The van der Waals surface area contributed by atoms with Gasteiger partial charge in [-0.25, -0.2) is 0 Å². The highest BCUT2D eigenvalue weighted by Gasteiger charge is 2.29. The first kappa shape index (κ1) is 17.5. The van der Waals surface area contributed by atoms with Gasteiger partial charge in [0, 0.05) is 56.6 Å². The van der Waals surface area contributed by atoms with Gasteiger partial charge in [-0.3, -0.25) is 14.5 Å². The van der Waals surface area contributed by atoms with Crippen molar-refractivity contribution in [2.45, 2.75) is 32.2 Å². The minimum atomic E-state index is 0.0977. The number of nitrogens with one attached hydrogen (secondary N) is 1. The molecular weight excluding hydrogens is 328 g/mol. The summed E-state index contributed by atoms with van der Waals surface area (Å²) in [6.45, 7) is 7.76. The van der Waals surface area contributed by atoms with Gasteiger partial charge in [0.15, 0.2) is 0 Å². The van der Waals surface area contributed by atoms with E-state index in [0.29, 0.717) is 18.2 Å². The summed E-state index contributed by atoms with van der Waals surface area (Å²) in [7, 11) is 0. The number of carbonyl (C=O) groups is 2. The molecule has 3 heterocycles. The predicted octanol–water partition coefficient (Wildman–Crippen LogP) is 1.11. The molecule has 4 rings (SSSR count). The van der Waals surface area contributed by atoms with Crippen molar-refractivity contribution in [3.8, 4) is 0 Å². The number of hydrogen-bond donors (Lipinski definition) is 1. The third-order valence-electron chi connectivity index (χ3n) is 5.73. The number of carbonyl (C=O) groups excluding carboxylic acids is 2. The Balaban J connectivity index is 1.48. The monoisotopic (exact) mass is 356 g/mol. The molecule has 2 fully saturated rings. The molecule has 2 saturated heterocycles. The van der Waals surface area contributed by atoms with E-state index in [1.54, 1.807) is 0 Å². The van der Waals surface area contributed by atoms with Gasteiger partial charge in [-0.1, -0.05) is 6.07 Å². The number of amides is 2. The maximum atomic E-state index is 12.9. The molecule has 6 heteroatoms. The Hall–Kier alpha value is -1.92. The Bertz CT molecular complexity index is 699. The van der Waals surface area contributed by atoms with E-state index in [0.717, 1.165) is 64.2 Å². The van der Waals surface area contributed by atoms with Crippen molar-refractivity contribution in [2.75, 3.05) is 50.7 Å². The van der Waals surface area contributed by atoms with Gasteiger partial charge in [-0.15, -0.1) is 0 Å². The number of nitrogens with zero attached hydrogens (tertiary/aromatic N) is 3. The van der Waals surface area contributed by atoms with Gasteiger partial charge in [0.05, 0.1) is 6.54 Å². The zero-order valence-electron chi connectivity index (χ0n) is 15.5. The molecule has 0 aromatic heterocycles. The highest BCUT2D eigenvalue weighted by molar-refractivity contribution is 6.00. The fourth-order valence-electron chi connectivity index (χ4n) is 4.31. The zero-order chi connectivity index (χ0) is 18.1. The normalized spacial score (nSPS) is 23.3. The smallest absolute Gasteiger partial charge is 0.253 e. The van der Waals surface area contributed by atoms with Gasteiger partial charge in [0.2, 0.25) is 5.91 Å². The molecule has 26 heavy (non-hydrogen) atoms. The third-order valence-corrected chi connectivity index (χ3v) is 5.73. The lowest BCUT2D eigenvalue weighted by Crippen LogP contribution is -2.52. The number of hydrogen-bond acceptors (Lipinski definition) is 4. The molecule has 0 bridgehead atoms. The summed E-state index contributed by atoms with van der Waals surface area (Å²) in [5, 5.41) is 3.41. The number of likely N-dealkylation sites (tertiary alicyclic amines) is 1. The van der Waals surface area contributed by atoms with Crippen molar-refractivity contribution in [3.63, 3.8) is 0 Å². The lowest BCUT2D eigenvalue weighted by molar-refractivity contribution is -0.119. The van der Waals surface area contributed by atoms with E-state index in [2.05, 4.69) is 17.1 Å². The van der Waals surface area contributed by atoms with Crippen molar-refractivity contribution < 1.29 is 9.59 Å². The van der Waals surface area contributed by atoms with Crippen LogP contribution in [0, 0.1) is 0 Å². The molecule has 0 aliphatic carbocycles. The van der Waals surface area contributed by atoms with Crippen LogP contribution >= 0.6 is 0 Å². The molecule has 1 N–H and O–H groups in total. The number of piperazine rings is 1. The highest BCUT2D eigenvalue weighted by Crippen LogP contribution is 2.30. The molecule has 2 amide bonds. The molecular formula is C20H28N4O2. The fraction of sp³-hybridized carbons (Fsp3) is 0.600. The van der Waals surface area contributed by atoms with Crippen LogP contribution in [0.1, 0.15) is 35.7 Å². The summed E-state index contributed by atoms with van der Waals surface area (Å²) < 4.78 is 0. The number of fused-ring (bicyclic) bond motifs is 1. The molecule has 140 valence electrons. The summed E-state index contributed by atoms with van der Waals surface area (Å²) in [5.74, 6) is 0.240. The number of anilines is 1. The summed E-state index contributed by atoms with van der Waals surface area (Å²) in [4.78, 5) is 31.6. The van der Waals surface area contributed by atoms with Crippen LogP contribution in [0.15, 0.2) is 18.2 Å². The highest BCUT2D eigenvalue weighted by atomic mass is 16.2. The Morgan fingerprint density at radius 1 is 1.15 bits per heavy atom. The average Bonchev–Trinajstić information content (AvgIpc) is 3.30. The lowest BCUT2D eigenvalue weighted by Gasteiger charge is -2.32. The molecule has 1 atom stereocenters. The molecule has 1 aromatic carbocycles. The second kappa shape index (κ2) is 7.37. The minimum Gasteiger partial charge on any atom is -0.339 e. The fourth-order valence-corrected chi connectivity index (χ4v) is 4.31. The molecule has 0 radical (unpaired) electrons. The average molecular weight is 356 g/mol. The summed E-state index contributed by atoms with van der Waals surface area (Å²) >= 11 is 0. The molecule has 0 unspecified atom stereocenters. The van der Waals surface area contributed by atoms with Gasteiger partial charge in [0.25, 0.3) is 5.91 Å². The van der Waals surface area contributed by atoms with E-state index in [9.17, 15) is 9.59 Å². The van der Waals surface area contributed by atoms with Crippen LogP contribution in [0.2, 0.25) is 0 Å². The zero-order valence-corrected chi connectivity index (χ0v) is 15.5. The van der Waals surface area contributed by atoms with Crippen LogP contribution in [-0.4, -0.2) is 73.5 Å². The van der Waals surface area contributed by atoms with Gasteiger partial charge < -0.3 is 15.1 Å². The second-order valence-corrected chi connectivity index (χ2v) is 7.73. The quantitative estimate of drug-likeness (QED) is 0.881. The van der Waals surface area contributed by atoms with Crippen LogP contribution in [0.4, 0.5) is 5.69 Å². The van der Waals surface area contributed by atoms with Gasteiger partial charge >= 0.3 is 0 Å². The van der Waals surface area contributed by atoms with Crippen LogP contribution < -0.4 is 10.2 Å². The van der Waals surface area contributed by atoms with Gasteiger partial charge in [0.1, 0.15) is 0 Å². The van der Waals surface area contributed by atoms with Crippen LogP contribution in [0.25, 0.3) is 0 Å². The van der Waals surface area contributed by atoms with Crippen molar-refractivity contribution in [1.82, 2.24) is 15.1 Å². The first-order valence-electron chi connectivity index (χ1n) is 9.80. The molecule has 6 nitrogen and oxygen atoms in total. The standard InChI is InChI=1S/C20H28N4O2/c1-15-13-22(11-7-21-15)14-19(25)24-10-6-16-4-5-17(12-18(16)24)20(26)23-8-2-3-9-23/h4-5,12,15,21H,2-3,6-11,13-14H2,1H3/t15-/m1/s1. The first-order valence-corrected chi connectivity index (χ1v) is 9.80. The van der Waals surface area contributed by atoms with Gasteiger partial charge in [-0.2, -0.15) is 0 Å². The Kier molecular flexibility index (Phi) is 4.96. The van der Waals surface area contributed by atoms with Crippen LogP contribution in [0.3, 0.4) is 0 Å². The topological polar surface area (TPSA) is 55.9 Å². The van der Waals surface area contributed by atoms with Crippen molar-refractivity contribution >= 4 is 17.5 Å². The van der Waals surface area contributed by atoms with E-state index in [1.807, 2.05) is 28.0 Å². The second-order valence-electron chi connectivity index (χ2n) is 7.73. The minimum absolute atomic E-state index is 0.0977. The molecule has 3 aliphatic rings. The Morgan fingerprint density at radius 3 is 2.73 bits per heavy atom. The SMILES string of the molecule is C[C@@H]1CN(CC(=O)N2CCc3ccc(C(=O)N4CCCC4)cc32)CCN1. The van der Waals surface area contributed by atoms with Crippen LogP contribution in [-0.2, 0) is 11.2 Å². The maximum Gasteiger partial charge on any atom is 0.253 e. The number of rotatable bonds is 3. The molecule has 3 aliphatic heterocycles. The predicted molar refractivity (Wildman–Crippen MR) is 102 cm³/mol. The molecule has 0 spiro atoms. The Labute approximate surface area is 155 Å². The van der Waals surface area contributed by atoms with E-state index >= 15 is 0 Å². The lowest BCUT2D eigenvalue weighted by atomic mass is 10.1. The first-order chi connectivity index (χ1) is 12.6. The Morgan fingerprint density at radius 2 is 1.96 bits per heavy atom. The van der Waals surface area contributed by atoms with Crippen molar-refractivity contribution in [1.29, 1.82) is 0 Å². The van der Waals surface area contributed by atoms with E-state index < -0.39 is 0 Å².